The van der Waals surface area contributed by atoms with E-state index in [4.69, 9.17) is 23.2 Å². The summed E-state index contributed by atoms with van der Waals surface area (Å²) < 4.78 is 2.12. The van der Waals surface area contributed by atoms with Gasteiger partial charge in [0, 0.05) is 31.5 Å². The second-order valence-corrected chi connectivity index (χ2v) is 5.73. The quantitative estimate of drug-likeness (QED) is 0.868. The Hall–Kier alpha value is -0.960. The minimum atomic E-state index is 0.491. The second kappa shape index (κ2) is 6.47. The third-order valence-corrected chi connectivity index (χ3v) is 3.77. The lowest BCUT2D eigenvalue weighted by molar-refractivity contribution is 0.588. The molecular formula is C15H18Cl2N2. The Balaban J connectivity index is 2.05. The van der Waals surface area contributed by atoms with Gasteiger partial charge in [-0.1, -0.05) is 49.2 Å². The van der Waals surface area contributed by atoms with E-state index < -0.39 is 0 Å². The summed E-state index contributed by atoms with van der Waals surface area (Å²) in [6.45, 7) is 5.90. The van der Waals surface area contributed by atoms with Crippen LogP contribution >= 0.6 is 23.2 Å². The third kappa shape index (κ3) is 4.00. The van der Waals surface area contributed by atoms with Gasteiger partial charge in [0.15, 0.2) is 0 Å². The van der Waals surface area contributed by atoms with Gasteiger partial charge in [0.05, 0.1) is 10.0 Å². The number of halogens is 2. The molecule has 102 valence electrons. The molecule has 1 aromatic carbocycles. The van der Waals surface area contributed by atoms with Crippen LogP contribution in [0.1, 0.15) is 25.0 Å². The van der Waals surface area contributed by atoms with Crippen LogP contribution in [0.15, 0.2) is 36.7 Å². The van der Waals surface area contributed by atoms with Crippen LogP contribution in [-0.4, -0.2) is 10.6 Å². The Morgan fingerprint density at radius 3 is 2.74 bits per heavy atom. The fourth-order valence-corrected chi connectivity index (χ4v) is 2.26. The van der Waals surface area contributed by atoms with E-state index in [-0.39, 0.29) is 0 Å². The Morgan fingerprint density at radius 1 is 1.21 bits per heavy atom. The zero-order valence-corrected chi connectivity index (χ0v) is 12.7. The summed E-state index contributed by atoms with van der Waals surface area (Å²) in [6, 6.07) is 8.34. The topological polar surface area (TPSA) is 17.0 Å². The van der Waals surface area contributed by atoms with Crippen molar-refractivity contribution in [2.75, 3.05) is 0 Å². The molecule has 2 rings (SSSR count). The van der Waals surface area contributed by atoms with Gasteiger partial charge in [-0.3, -0.25) is 0 Å². The van der Waals surface area contributed by atoms with Crippen molar-refractivity contribution in [3.8, 4) is 0 Å². The van der Waals surface area contributed by atoms with Crippen LogP contribution in [0.5, 0.6) is 0 Å². The first-order valence-electron chi connectivity index (χ1n) is 6.37. The van der Waals surface area contributed by atoms with Gasteiger partial charge in [-0.25, -0.2) is 0 Å². The molecule has 2 nitrogen and oxygen atoms in total. The molecule has 1 heterocycles. The van der Waals surface area contributed by atoms with Crippen LogP contribution in [0.2, 0.25) is 10.0 Å². The van der Waals surface area contributed by atoms with Crippen molar-refractivity contribution >= 4 is 23.2 Å². The minimum absolute atomic E-state index is 0.491. The van der Waals surface area contributed by atoms with Crippen molar-refractivity contribution in [3.63, 3.8) is 0 Å². The monoisotopic (exact) mass is 296 g/mol. The summed E-state index contributed by atoms with van der Waals surface area (Å²) >= 11 is 12.2. The average molecular weight is 297 g/mol. The van der Waals surface area contributed by atoms with E-state index >= 15 is 0 Å². The molecule has 0 aliphatic carbocycles. The molecule has 19 heavy (non-hydrogen) atoms. The van der Waals surface area contributed by atoms with Crippen molar-refractivity contribution in [2.24, 2.45) is 0 Å². The highest BCUT2D eigenvalue weighted by Gasteiger charge is 2.05. The summed E-state index contributed by atoms with van der Waals surface area (Å²) in [5, 5.41) is 4.64. The van der Waals surface area contributed by atoms with Crippen LogP contribution < -0.4 is 5.32 Å². The molecule has 0 fully saturated rings. The summed E-state index contributed by atoms with van der Waals surface area (Å²) in [6.07, 6.45) is 4.20. The summed E-state index contributed by atoms with van der Waals surface area (Å²) in [5.74, 6) is 0. The molecule has 1 N–H and O–H groups in total. The standard InChI is InChI=1S/C15H18Cl2N2/c1-11(2)18-8-12-6-7-19(9-12)10-13-4-3-5-14(16)15(13)17/h3-7,9,11,18H,8,10H2,1-2H3. The maximum Gasteiger partial charge on any atom is 0.0642 e. The Morgan fingerprint density at radius 2 is 2.00 bits per heavy atom. The molecule has 4 heteroatoms. The fraction of sp³-hybridized carbons (Fsp3) is 0.333. The van der Waals surface area contributed by atoms with Crippen molar-refractivity contribution in [1.82, 2.24) is 9.88 Å². The normalized spacial score (nSPS) is 11.2. The maximum absolute atomic E-state index is 6.20. The first kappa shape index (κ1) is 14.4. The molecule has 0 aliphatic heterocycles. The van der Waals surface area contributed by atoms with Gasteiger partial charge < -0.3 is 9.88 Å². The zero-order chi connectivity index (χ0) is 13.8. The first-order valence-corrected chi connectivity index (χ1v) is 7.13. The number of rotatable bonds is 5. The summed E-state index contributed by atoms with van der Waals surface area (Å²) in [4.78, 5) is 0. The lowest BCUT2D eigenvalue weighted by atomic mass is 10.2. The van der Waals surface area contributed by atoms with Crippen molar-refractivity contribution in [1.29, 1.82) is 0 Å². The minimum Gasteiger partial charge on any atom is -0.350 e. The maximum atomic E-state index is 6.20. The van der Waals surface area contributed by atoms with Crippen molar-refractivity contribution < 1.29 is 0 Å². The molecule has 0 unspecified atom stereocenters. The smallest absolute Gasteiger partial charge is 0.0642 e. The number of hydrogen-bond donors (Lipinski definition) is 1. The van der Waals surface area contributed by atoms with Gasteiger partial charge in [0.2, 0.25) is 0 Å². The SMILES string of the molecule is CC(C)NCc1ccn(Cc2cccc(Cl)c2Cl)c1. The largest absolute Gasteiger partial charge is 0.350 e. The molecule has 0 amide bonds. The van der Waals surface area contributed by atoms with E-state index in [0.29, 0.717) is 16.1 Å². The number of nitrogens with one attached hydrogen (secondary N) is 1. The second-order valence-electron chi connectivity index (χ2n) is 4.94. The van der Waals surface area contributed by atoms with E-state index in [1.807, 2.05) is 12.1 Å². The highest BCUT2D eigenvalue weighted by molar-refractivity contribution is 6.42. The van der Waals surface area contributed by atoms with Crippen molar-refractivity contribution in [2.45, 2.75) is 33.0 Å². The number of aromatic nitrogens is 1. The third-order valence-electron chi connectivity index (χ3n) is 2.91. The highest BCUT2D eigenvalue weighted by Crippen LogP contribution is 2.26. The molecular weight excluding hydrogens is 279 g/mol. The molecule has 0 bridgehead atoms. The predicted octanol–water partition coefficient (Wildman–Crippen LogP) is 4.34. The lowest BCUT2D eigenvalue weighted by Crippen LogP contribution is -2.21. The molecule has 0 saturated heterocycles. The van der Waals surface area contributed by atoms with Gasteiger partial charge in [0.25, 0.3) is 0 Å². The van der Waals surface area contributed by atoms with Gasteiger partial charge >= 0.3 is 0 Å². The molecule has 0 aliphatic rings. The van der Waals surface area contributed by atoms with E-state index in [0.717, 1.165) is 18.7 Å². The van der Waals surface area contributed by atoms with E-state index in [1.54, 1.807) is 6.07 Å². The lowest BCUT2D eigenvalue weighted by Gasteiger charge is -2.07. The molecule has 2 aromatic rings. The number of hydrogen-bond acceptors (Lipinski definition) is 1. The van der Waals surface area contributed by atoms with E-state index in [2.05, 4.69) is 42.2 Å². The Bertz CT molecular complexity index is 547. The van der Waals surface area contributed by atoms with Crippen LogP contribution in [0.3, 0.4) is 0 Å². The Kier molecular flexibility index (Phi) is 4.92. The van der Waals surface area contributed by atoms with Gasteiger partial charge in [0.1, 0.15) is 0 Å². The van der Waals surface area contributed by atoms with Crippen LogP contribution in [-0.2, 0) is 13.1 Å². The predicted molar refractivity (Wildman–Crippen MR) is 82.0 cm³/mol. The fourth-order valence-electron chi connectivity index (χ4n) is 1.88. The average Bonchev–Trinajstić information content (AvgIpc) is 2.80. The van der Waals surface area contributed by atoms with Crippen molar-refractivity contribution in [3.05, 3.63) is 57.8 Å². The molecule has 0 saturated carbocycles. The number of nitrogens with zero attached hydrogens (tertiary/aromatic N) is 1. The zero-order valence-electron chi connectivity index (χ0n) is 11.2. The number of benzene rings is 1. The van der Waals surface area contributed by atoms with Crippen LogP contribution in [0.25, 0.3) is 0 Å². The van der Waals surface area contributed by atoms with Crippen LogP contribution in [0.4, 0.5) is 0 Å². The van der Waals surface area contributed by atoms with E-state index in [9.17, 15) is 0 Å². The van der Waals surface area contributed by atoms with Crippen LogP contribution in [0, 0.1) is 0 Å². The summed E-state index contributed by atoms with van der Waals surface area (Å²) in [5.41, 5.74) is 2.31. The Labute approximate surface area is 124 Å². The first-order chi connectivity index (χ1) is 9.06. The molecule has 0 radical (unpaired) electrons. The van der Waals surface area contributed by atoms with Gasteiger partial charge in [-0.05, 0) is 23.3 Å². The highest BCUT2D eigenvalue weighted by atomic mass is 35.5. The molecule has 1 aromatic heterocycles. The summed E-state index contributed by atoms with van der Waals surface area (Å²) in [7, 11) is 0. The van der Waals surface area contributed by atoms with E-state index in [1.165, 1.54) is 5.56 Å². The molecule has 0 atom stereocenters. The molecule has 0 spiro atoms. The van der Waals surface area contributed by atoms with Gasteiger partial charge in [-0.2, -0.15) is 0 Å². The van der Waals surface area contributed by atoms with Gasteiger partial charge in [-0.15, -0.1) is 0 Å².